The number of nitrogens with one attached hydrogen (secondary N) is 1. The predicted molar refractivity (Wildman–Crippen MR) is 82.9 cm³/mol. The van der Waals surface area contributed by atoms with Crippen LogP contribution in [0.3, 0.4) is 0 Å². The zero-order valence-electron chi connectivity index (χ0n) is 10.8. The number of halogens is 2. The van der Waals surface area contributed by atoms with Gasteiger partial charge in [0.2, 0.25) is 0 Å². The van der Waals surface area contributed by atoms with E-state index in [1.807, 2.05) is 23.9 Å². The third-order valence-electron chi connectivity index (χ3n) is 3.32. The fourth-order valence-electron chi connectivity index (χ4n) is 2.38. The van der Waals surface area contributed by atoms with Crippen LogP contribution in [0.25, 0.3) is 0 Å². The Morgan fingerprint density at radius 2 is 2.06 bits per heavy atom. The molecule has 0 amide bonds. The van der Waals surface area contributed by atoms with Crippen molar-refractivity contribution in [2.45, 2.75) is 43.7 Å². The fourth-order valence-corrected chi connectivity index (χ4v) is 4.09. The molecule has 0 bridgehead atoms. The van der Waals surface area contributed by atoms with Crippen LogP contribution in [0.4, 0.5) is 0 Å². The maximum atomic E-state index is 6.40. The zero-order chi connectivity index (χ0) is 13.1. The van der Waals surface area contributed by atoms with Crippen LogP contribution in [-0.4, -0.2) is 11.8 Å². The number of hydrogen-bond donors (Lipinski definition) is 1. The Kier molecular flexibility index (Phi) is 5.25. The normalized spacial score (nSPS) is 23.6. The Bertz CT molecular complexity index is 423. The average molecular weight is 304 g/mol. The molecule has 1 nitrogen and oxygen atoms in total. The molecule has 1 N–H and O–H groups in total. The Morgan fingerprint density at radius 1 is 1.33 bits per heavy atom. The van der Waals surface area contributed by atoms with Crippen molar-refractivity contribution >= 4 is 35.0 Å². The Labute approximate surface area is 124 Å². The highest BCUT2D eigenvalue weighted by Gasteiger charge is 2.25. The van der Waals surface area contributed by atoms with Gasteiger partial charge in [0.1, 0.15) is 0 Å². The molecule has 1 aliphatic heterocycles. The van der Waals surface area contributed by atoms with E-state index in [1.54, 1.807) is 0 Å². The van der Waals surface area contributed by atoms with Crippen LogP contribution in [0.5, 0.6) is 0 Å². The topological polar surface area (TPSA) is 12.0 Å². The number of hydrogen-bond acceptors (Lipinski definition) is 2. The zero-order valence-corrected chi connectivity index (χ0v) is 13.1. The maximum absolute atomic E-state index is 6.40. The van der Waals surface area contributed by atoms with Gasteiger partial charge in [-0.2, -0.15) is 11.8 Å². The van der Waals surface area contributed by atoms with Crippen molar-refractivity contribution in [3.8, 4) is 0 Å². The van der Waals surface area contributed by atoms with Crippen LogP contribution in [-0.2, 0) is 5.75 Å². The molecule has 2 unspecified atom stereocenters. The van der Waals surface area contributed by atoms with Crippen LogP contribution >= 0.6 is 35.0 Å². The molecule has 2 rings (SSSR count). The van der Waals surface area contributed by atoms with Gasteiger partial charge >= 0.3 is 0 Å². The summed E-state index contributed by atoms with van der Waals surface area (Å²) in [5.41, 5.74) is 2.43. The summed E-state index contributed by atoms with van der Waals surface area (Å²) in [6, 6.07) is 4.16. The summed E-state index contributed by atoms with van der Waals surface area (Å²) in [4.78, 5) is 0. The van der Waals surface area contributed by atoms with Crippen LogP contribution in [0.2, 0.25) is 10.0 Å². The van der Waals surface area contributed by atoms with Crippen LogP contribution < -0.4 is 5.32 Å². The first-order valence-electron chi connectivity index (χ1n) is 6.45. The van der Waals surface area contributed by atoms with Gasteiger partial charge in [-0.1, -0.05) is 37.0 Å². The van der Waals surface area contributed by atoms with E-state index in [9.17, 15) is 0 Å². The molecule has 0 radical (unpaired) electrons. The molecule has 100 valence electrons. The SMILES string of the molecule is CCCNC1CC(C)SCc2c(Cl)ccc(Cl)c21. The predicted octanol–water partition coefficient (Wildman–Crippen LogP) is 5.06. The smallest absolute Gasteiger partial charge is 0.0457 e. The van der Waals surface area contributed by atoms with Crippen LogP contribution in [0.1, 0.15) is 43.9 Å². The summed E-state index contributed by atoms with van der Waals surface area (Å²) in [6.07, 6.45) is 2.24. The van der Waals surface area contributed by atoms with E-state index in [-0.39, 0.29) is 0 Å². The van der Waals surface area contributed by atoms with E-state index in [4.69, 9.17) is 23.2 Å². The Balaban J connectivity index is 2.39. The molecular weight excluding hydrogens is 285 g/mol. The molecule has 0 saturated heterocycles. The minimum absolute atomic E-state index is 0.330. The van der Waals surface area contributed by atoms with E-state index < -0.39 is 0 Å². The first-order valence-corrected chi connectivity index (χ1v) is 8.25. The highest BCUT2D eigenvalue weighted by atomic mass is 35.5. The molecule has 0 spiro atoms. The van der Waals surface area contributed by atoms with Gasteiger partial charge in [0.25, 0.3) is 0 Å². The lowest BCUT2D eigenvalue weighted by molar-refractivity contribution is 0.500. The number of rotatable bonds is 3. The molecule has 4 heteroatoms. The van der Waals surface area contributed by atoms with Gasteiger partial charge in [-0.05, 0) is 42.6 Å². The molecular formula is C14H19Cl2NS. The number of thioether (sulfide) groups is 1. The van der Waals surface area contributed by atoms with Gasteiger partial charge in [-0.15, -0.1) is 0 Å². The number of benzene rings is 1. The summed E-state index contributed by atoms with van der Waals surface area (Å²) in [6.45, 7) is 5.48. The van der Waals surface area contributed by atoms with Gasteiger partial charge < -0.3 is 5.32 Å². The molecule has 0 aromatic heterocycles. The molecule has 2 atom stereocenters. The first-order chi connectivity index (χ1) is 8.63. The summed E-state index contributed by atoms with van der Waals surface area (Å²) in [7, 11) is 0. The van der Waals surface area contributed by atoms with Crippen molar-refractivity contribution < 1.29 is 0 Å². The monoisotopic (exact) mass is 303 g/mol. The Morgan fingerprint density at radius 3 is 2.78 bits per heavy atom. The molecule has 1 heterocycles. The van der Waals surface area contributed by atoms with E-state index >= 15 is 0 Å². The third kappa shape index (κ3) is 3.16. The van der Waals surface area contributed by atoms with Crippen molar-refractivity contribution in [1.82, 2.24) is 5.32 Å². The lowest BCUT2D eigenvalue weighted by Crippen LogP contribution is -2.24. The van der Waals surface area contributed by atoms with Crippen molar-refractivity contribution in [2.75, 3.05) is 6.54 Å². The molecule has 0 aliphatic carbocycles. The van der Waals surface area contributed by atoms with E-state index in [0.29, 0.717) is 11.3 Å². The summed E-state index contributed by atoms with van der Waals surface area (Å²) >= 11 is 14.7. The van der Waals surface area contributed by atoms with Gasteiger partial charge in [0.05, 0.1) is 0 Å². The molecule has 18 heavy (non-hydrogen) atoms. The van der Waals surface area contributed by atoms with E-state index in [1.165, 1.54) is 11.1 Å². The van der Waals surface area contributed by atoms with Crippen molar-refractivity contribution in [3.63, 3.8) is 0 Å². The minimum Gasteiger partial charge on any atom is -0.310 e. The van der Waals surface area contributed by atoms with Crippen molar-refractivity contribution in [3.05, 3.63) is 33.3 Å². The third-order valence-corrected chi connectivity index (χ3v) is 5.22. The minimum atomic E-state index is 0.330. The first kappa shape index (κ1) is 14.5. The average Bonchev–Trinajstić information content (AvgIpc) is 2.51. The lowest BCUT2D eigenvalue weighted by Gasteiger charge is -2.22. The second-order valence-electron chi connectivity index (χ2n) is 4.79. The maximum Gasteiger partial charge on any atom is 0.0457 e. The fraction of sp³-hybridized carbons (Fsp3) is 0.571. The molecule has 1 aromatic carbocycles. The number of fused-ring (bicyclic) bond motifs is 1. The van der Waals surface area contributed by atoms with Crippen molar-refractivity contribution in [1.29, 1.82) is 0 Å². The highest BCUT2D eigenvalue weighted by molar-refractivity contribution is 7.99. The summed E-state index contributed by atoms with van der Waals surface area (Å²) in [5.74, 6) is 0.959. The largest absolute Gasteiger partial charge is 0.310 e. The van der Waals surface area contributed by atoms with E-state index in [0.717, 1.165) is 35.2 Å². The van der Waals surface area contributed by atoms with Gasteiger partial charge in [0.15, 0.2) is 0 Å². The van der Waals surface area contributed by atoms with Gasteiger partial charge in [-0.25, -0.2) is 0 Å². The lowest BCUT2D eigenvalue weighted by atomic mass is 9.97. The van der Waals surface area contributed by atoms with Gasteiger partial charge in [0, 0.05) is 27.1 Å². The summed E-state index contributed by atoms with van der Waals surface area (Å²) < 4.78 is 0. The second kappa shape index (κ2) is 6.51. The van der Waals surface area contributed by atoms with E-state index in [2.05, 4.69) is 19.2 Å². The Hall–Kier alpha value is 0.110. The van der Waals surface area contributed by atoms with Gasteiger partial charge in [-0.3, -0.25) is 0 Å². The highest BCUT2D eigenvalue weighted by Crippen LogP contribution is 2.41. The molecule has 0 saturated carbocycles. The second-order valence-corrected chi connectivity index (χ2v) is 7.03. The molecule has 1 aromatic rings. The van der Waals surface area contributed by atoms with Crippen LogP contribution in [0.15, 0.2) is 12.1 Å². The van der Waals surface area contributed by atoms with Crippen LogP contribution in [0, 0.1) is 0 Å². The quantitative estimate of drug-likeness (QED) is 0.837. The van der Waals surface area contributed by atoms with Crippen molar-refractivity contribution in [2.24, 2.45) is 0 Å². The summed E-state index contributed by atoms with van der Waals surface area (Å²) in [5, 5.41) is 5.93. The molecule has 1 aliphatic rings. The standard InChI is InChI=1S/C14H19Cl2NS/c1-3-6-17-13-7-9(2)18-8-10-11(15)4-5-12(16)14(10)13/h4-5,9,13,17H,3,6-8H2,1-2H3. The molecule has 0 fully saturated rings.